The second kappa shape index (κ2) is 26.5. The number of carbonyl (C=O) groups excluding carboxylic acids is 2. The fraction of sp³-hybridized carbons (Fsp3) is 0.284. The van der Waals surface area contributed by atoms with Gasteiger partial charge in [-0.2, -0.15) is 0 Å². The molecule has 2 amide bonds. The number of benzene rings is 7. The van der Waals surface area contributed by atoms with Gasteiger partial charge in [-0.15, -0.1) is 0 Å². The fourth-order valence-electron chi connectivity index (χ4n) is 10.4. The van der Waals surface area contributed by atoms with Gasteiger partial charge in [-0.1, -0.05) is 102 Å². The van der Waals surface area contributed by atoms with E-state index in [0.29, 0.717) is 36.5 Å². The molecule has 0 fully saturated rings. The summed E-state index contributed by atoms with van der Waals surface area (Å²) in [5, 5.41) is 7.08. The number of hydrogen-bond acceptors (Lipinski definition) is 12. The summed E-state index contributed by atoms with van der Waals surface area (Å²) in [5.41, 5.74) is 16.8. The normalized spacial score (nSPS) is 13.4. The Kier molecular flexibility index (Phi) is 19.3. The van der Waals surface area contributed by atoms with E-state index < -0.39 is 9.49 Å². The van der Waals surface area contributed by atoms with Crippen molar-refractivity contribution in [2.75, 3.05) is 119 Å². The number of aryl methyl sites for hydroxylation is 1. The standard InChI is InChI=1S/C35H39N5OS.C32H35N7OS/c1-8-40(30-15-9-24(2)10-16-30)31-21-22-32-33(23-31)37-34(36-25(3)41)42-35(32,26-11-17-28(18-12-26)38(4)5)27-13-19-29(20-14-27)39(6)7;1-23(40)35-31-36-30-22-28(39(20-18-33-2)21-19-34-3)16-17-29(30)32(41-31,24-8-12-26(13-9-24)37(4)5)25-10-14-27(15-11-25)38(6)7/h9-23H,8H2,1-7H3,(H,36,37,41);8-17,22H,18-21H2,1,4-7H3,(H,35,36,40). The second-order valence-electron chi connectivity index (χ2n) is 21.3. The lowest BCUT2D eigenvalue weighted by Gasteiger charge is -2.39. The van der Waals surface area contributed by atoms with Gasteiger partial charge in [-0.3, -0.25) is 9.59 Å². The van der Waals surface area contributed by atoms with Gasteiger partial charge in [0.2, 0.25) is 24.9 Å². The van der Waals surface area contributed by atoms with E-state index in [0.717, 1.165) is 91.1 Å². The van der Waals surface area contributed by atoms with Crippen molar-refractivity contribution in [2.24, 2.45) is 9.98 Å². The van der Waals surface area contributed by atoms with Crippen molar-refractivity contribution in [3.05, 3.63) is 220 Å². The predicted octanol–water partition coefficient (Wildman–Crippen LogP) is 13.1. The zero-order valence-corrected chi connectivity index (χ0v) is 51.3. The number of rotatable bonds is 16. The maximum atomic E-state index is 12.4. The van der Waals surface area contributed by atoms with E-state index in [1.54, 1.807) is 11.8 Å². The molecular formula is C67H74N12O2S2. The third-order valence-corrected chi connectivity index (χ3v) is 17.5. The van der Waals surface area contributed by atoms with Gasteiger partial charge in [0.25, 0.3) is 0 Å². The highest BCUT2D eigenvalue weighted by molar-refractivity contribution is 8.15. The SMILES string of the molecule is CCN(c1ccc(C)cc1)c1ccc2c(c1)N=C(NC(C)=O)SC2(c1ccc(N(C)C)cc1)c1ccc(N(C)C)cc1.[C-]#[N+]CCN(CC[N+]#[C-])c1ccc2c(c1)N=C(NC(C)=O)SC2(c1ccc(N(C)C)cc1)c1ccc(N(C)C)cc1. The summed E-state index contributed by atoms with van der Waals surface area (Å²) in [7, 11) is 16.3. The van der Waals surface area contributed by atoms with Crippen LogP contribution in [0.5, 0.6) is 0 Å². The second-order valence-corrected chi connectivity index (χ2v) is 23.7. The summed E-state index contributed by atoms with van der Waals surface area (Å²) >= 11 is 3.10. The third kappa shape index (κ3) is 13.3. The van der Waals surface area contributed by atoms with E-state index in [2.05, 4.69) is 215 Å². The Balaban J connectivity index is 0.000000217. The highest BCUT2D eigenvalue weighted by Gasteiger charge is 2.45. The molecule has 0 aromatic heterocycles. The van der Waals surface area contributed by atoms with E-state index in [4.69, 9.17) is 23.1 Å². The number of nitrogens with one attached hydrogen (secondary N) is 2. The number of amides is 2. The minimum absolute atomic E-state index is 0.143. The van der Waals surface area contributed by atoms with E-state index in [1.807, 2.05) is 62.4 Å². The molecule has 2 aliphatic rings. The van der Waals surface area contributed by atoms with Crippen LogP contribution in [0, 0.1) is 20.1 Å². The summed E-state index contributed by atoms with van der Waals surface area (Å²) in [5.74, 6) is -0.332. The molecule has 0 radical (unpaired) electrons. The number of carbonyl (C=O) groups is 2. The Labute approximate surface area is 499 Å². The number of hydrogen-bond donors (Lipinski definition) is 2. The Morgan fingerprint density at radius 2 is 0.783 bits per heavy atom. The van der Waals surface area contributed by atoms with Crippen LogP contribution in [0.1, 0.15) is 59.7 Å². The molecule has 2 aliphatic heterocycles. The van der Waals surface area contributed by atoms with Crippen molar-refractivity contribution in [2.45, 2.75) is 37.2 Å². The van der Waals surface area contributed by atoms with Gasteiger partial charge in [-0.05, 0) is 121 Å². The lowest BCUT2D eigenvalue weighted by molar-refractivity contribution is -0.118. The predicted molar refractivity (Wildman–Crippen MR) is 352 cm³/mol. The van der Waals surface area contributed by atoms with Crippen molar-refractivity contribution in [3.63, 3.8) is 0 Å². The molecule has 9 rings (SSSR count). The topological polar surface area (TPSA) is 111 Å². The average Bonchev–Trinajstić information content (AvgIpc) is 2.47. The number of amidine groups is 2. The Morgan fingerprint density at radius 3 is 1.10 bits per heavy atom. The van der Waals surface area contributed by atoms with Crippen LogP contribution in [-0.2, 0) is 19.1 Å². The number of anilines is 7. The van der Waals surface area contributed by atoms with Gasteiger partial charge < -0.3 is 49.7 Å². The van der Waals surface area contributed by atoms with Crippen LogP contribution >= 0.6 is 23.5 Å². The van der Waals surface area contributed by atoms with E-state index in [-0.39, 0.29) is 11.8 Å². The molecule has 14 nitrogen and oxygen atoms in total. The number of fused-ring (bicyclic) bond motifs is 2. The van der Waals surface area contributed by atoms with Crippen molar-refractivity contribution in [1.29, 1.82) is 0 Å². The smallest absolute Gasteiger partial charge is 0.231 e. The first-order valence-corrected chi connectivity index (χ1v) is 29.2. The van der Waals surface area contributed by atoms with E-state index in [1.165, 1.54) is 31.2 Å². The van der Waals surface area contributed by atoms with E-state index >= 15 is 0 Å². The molecule has 7 aromatic rings. The monoisotopic (exact) mass is 1140 g/mol. The maximum absolute atomic E-state index is 12.4. The molecule has 2 heterocycles. The number of thioether (sulfide) groups is 2. The molecule has 0 saturated heterocycles. The molecule has 83 heavy (non-hydrogen) atoms. The number of nitrogens with zero attached hydrogens (tertiary/aromatic N) is 10. The molecule has 0 unspecified atom stereocenters. The summed E-state index contributed by atoms with van der Waals surface area (Å²) in [4.78, 5) is 54.3. The summed E-state index contributed by atoms with van der Waals surface area (Å²) < 4.78 is -1.33. The minimum Gasteiger partial charge on any atom is -0.378 e. The Hall–Kier alpha value is -8.70. The molecule has 426 valence electrons. The van der Waals surface area contributed by atoms with Crippen LogP contribution in [-0.4, -0.2) is 111 Å². The zero-order valence-electron chi connectivity index (χ0n) is 49.7. The van der Waals surface area contributed by atoms with Crippen LogP contribution in [0.3, 0.4) is 0 Å². The fourth-order valence-corrected chi connectivity index (χ4v) is 13.2. The van der Waals surface area contributed by atoms with Crippen LogP contribution in [0.2, 0.25) is 0 Å². The molecule has 0 saturated carbocycles. The van der Waals surface area contributed by atoms with E-state index in [9.17, 15) is 9.59 Å². The molecule has 2 N–H and O–H groups in total. The number of aliphatic imine (C=N–C) groups is 2. The maximum Gasteiger partial charge on any atom is 0.231 e. The highest BCUT2D eigenvalue weighted by atomic mass is 32.2. The summed E-state index contributed by atoms with van der Waals surface area (Å²) in [6.45, 7) is 24.4. The van der Waals surface area contributed by atoms with Crippen LogP contribution < -0.4 is 40.0 Å². The van der Waals surface area contributed by atoms with Gasteiger partial charge in [0.15, 0.2) is 10.3 Å². The van der Waals surface area contributed by atoms with Gasteiger partial charge >= 0.3 is 0 Å². The molecule has 16 heteroatoms. The van der Waals surface area contributed by atoms with Gasteiger partial charge in [0.1, 0.15) is 9.49 Å². The zero-order chi connectivity index (χ0) is 59.6. The molecule has 0 aliphatic carbocycles. The first-order chi connectivity index (χ1) is 39.8. The first-order valence-electron chi connectivity index (χ1n) is 27.6. The van der Waals surface area contributed by atoms with Crippen LogP contribution in [0.25, 0.3) is 9.69 Å². The van der Waals surface area contributed by atoms with Gasteiger partial charge in [-0.25, -0.2) is 23.1 Å². The molecule has 0 atom stereocenters. The van der Waals surface area contributed by atoms with Crippen molar-refractivity contribution in [3.8, 4) is 0 Å². The largest absolute Gasteiger partial charge is 0.378 e. The minimum atomic E-state index is -0.694. The summed E-state index contributed by atoms with van der Waals surface area (Å²) in [6.07, 6.45) is 0. The Morgan fingerprint density at radius 1 is 0.470 bits per heavy atom. The quantitative estimate of drug-likeness (QED) is 0.0908. The third-order valence-electron chi connectivity index (χ3n) is 14.7. The van der Waals surface area contributed by atoms with Crippen LogP contribution in [0.4, 0.5) is 51.2 Å². The van der Waals surface area contributed by atoms with Crippen molar-refractivity contribution >= 4 is 96.9 Å². The molecule has 7 aromatic carbocycles. The molecule has 0 spiro atoms. The molecule has 0 bridgehead atoms. The van der Waals surface area contributed by atoms with Gasteiger partial charge in [0.05, 0.1) is 24.5 Å². The van der Waals surface area contributed by atoms with Crippen molar-refractivity contribution in [1.82, 2.24) is 10.6 Å². The lowest BCUT2D eigenvalue weighted by atomic mass is 9.82. The van der Waals surface area contributed by atoms with Crippen molar-refractivity contribution < 1.29 is 9.59 Å². The first kappa shape index (κ1) is 60.4. The van der Waals surface area contributed by atoms with Crippen LogP contribution in [0.15, 0.2) is 168 Å². The average molecular weight is 1140 g/mol. The Bertz CT molecular complexity index is 3440. The lowest BCUT2D eigenvalue weighted by Crippen LogP contribution is -2.36. The summed E-state index contributed by atoms with van der Waals surface area (Å²) in [6, 6.07) is 55.8. The van der Waals surface area contributed by atoms with Gasteiger partial charge in [0, 0.05) is 128 Å². The molecular weight excluding hydrogens is 1070 g/mol. The highest BCUT2D eigenvalue weighted by Crippen LogP contribution is 2.57.